The first-order valence-corrected chi connectivity index (χ1v) is 8.28. The van der Waals surface area contributed by atoms with Gasteiger partial charge in [0.15, 0.2) is 5.78 Å². The molecule has 0 radical (unpaired) electrons. The van der Waals surface area contributed by atoms with E-state index in [-0.39, 0.29) is 11.6 Å². The number of rotatable bonds is 5. The van der Waals surface area contributed by atoms with Crippen molar-refractivity contribution in [1.29, 1.82) is 0 Å². The third-order valence-corrected chi connectivity index (χ3v) is 3.33. The minimum atomic E-state index is -3.40. The highest BCUT2D eigenvalue weighted by molar-refractivity contribution is 7.92. The van der Waals surface area contributed by atoms with E-state index < -0.39 is 10.0 Å². The Morgan fingerprint density at radius 2 is 1.86 bits per heavy atom. The maximum absolute atomic E-state index is 13.0. The van der Waals surface area contributed by atoms with Crippen molar-refractivity contribution in [2.24, 2.45) is 0 Å². The van der Waals surface area contributed by atoms with Crippen molar-refractivity contribution in [3.8, 4) is 0 Å². The van der Waals surface area contributed by atoms with Crippen LogP contribution in [0.15, 0.2) is 54.6 Å². The Labute approximate surface area is 128 Å². The van der Waals surface area contributed by atoms with Crippen molar-refractivity contribution >= 4 is 27.6 Å². The molecule has 0 fully saturated rings. The molecule has 2 rings (SSSR count). The number of carbonyl (C=O) groups is 1. The Balaban J connectivity index is 2.18. The van der Waals surface area contributed by atoms with E-state index in [4.69, 9.17) is 0 Å². The standard InChI is InChI=1S/C16H14FNO3S/c1-22(20,21)18-15-7-3-5-13(11-15)16(19)9-8-12-4-2-6-14(17)10-12/h2-11,18H,1H3/b9-8-. The lowest BCUT2D eigenvalue weighted by Crippen LogP contribution is -2.10. The largest absolute Gasteiger partial charge is 0.289 e. The fraction of sp³-hybridized carbons (Fsp3) is 0.0625. The molecule has 0 unspecified atom stereocenters. The Morgan fingerprint density at radius 3 is 2.55 bits per heavy atom. The summed E-state index contributed by atoms with van der Waals surface area (Å²) in [6.07, 6.45) is 3.85. The second-order valence-electron chi connectivity index (χ2n) is 4.71. The predicted molar refractivity (Wildman–Crippen MR) is 84.7 cm³/mol. The van der Waals surface area contributed by atoms with Gasteiger partial charge in [0.2, 0.25) is 10.0 Å². The number of sulfonamides is 1. The van der Waals surface area contributed by atoms with Gasteiger partial charge >= 0.3 is 0 Å². The van der Waals surface area contributed by atoms with Crippen molar-refractivity contribution in [2.75, 3.05) is 11.0 Å². The predicted octanol–water partition coefficient (Wildman–Crippen LogP) is 3.09. The van der Waals surface area contributed by atoms with Crippen LogP contribution in [0, 0.1) is 5.82 Å². The average Bonchev–Trinajstić information content (AvgIpc) is 2.43. The lowest BCUT2D eigenvalue weighted by Gasteiger charge is -2.04. The number of halogens is 1. The van der Waals surface area contributed by atoms with Crippen molar-refractivity contribution < 1.29 is 17.6 Å². The maximum atomic E-state index is 13.0. The molecular formula is C16H14FNO3S. The summed E-state index contributed by atoms with van der Waals surface area (Å²) in [6.45, 7) is 0. The summed E-state index contributed by atoms with van der Waals surface area (Å²) >= 11 is 0. The lowest BCUT2D eigenvalue weighted by molar-refractivity contribution is 0.104. The van der Waals surface area contributed by atoms with Gasteiger partial charge in [0, 0.05) is 11.3 Å². The van der Waals surface area contributed by atoms with Gasteiger partial charge < -0.3 is 0 Å². The Kier molecular flexibility index (Phi) is 4.72. The molecule has 0 atom stereocenters. The maximum Gasteiger partial charge on any atom is 0.229 e. The van der Waals surface area contributed by atoms with Gasteiger partial charge in [-0.25, -0.2) is 12.8 Å². The molecule has 6 heteroatoms. The SMILES string of the molecule is CS(=O)(=O)Nc1cccc(C(=O)/C=C\c2cccc(F)c2)c1. The van der Waals surface area contributed by atoms with Crippen LogP contribution in [0.2, 0.25) is 0 Å². The summed E-state index contributed by atoms with van der Waals surface area (Å²) in [7, 11) is -3.40. The highest BCUT2D eigenvalue weighted by Gasteiger charge is 2.06. The number of benzene rings is 2. The normalized spacial score (nSPS) is 11.5. The van der Waals surface area contributed by atoms with Gasteiger partial charge in [-0.1, -0.05) is 30.3 Å². The quantitative estimate of drug-likeness (QED) is 0.680. The van der Waals surface area contributed by atoms with E-state index in [0.717, 1.165) is 6.26 Å². The molecule has 1 N–H and O–H groups in total. The zero-order valence-electron chi connectivity index (χ0n) is 11.8. The molecule has 22 heavy (non-hydrogen) atoms. The number of nitrogens with one attached hydrogen (secondary N) is 1. The van der Waals surface area contributed by atoms with E-state index in [2.05, 4.69) is 4.72 Å². The molecule has 0 aliphatic rings. The summed E-state index contributed by atoms with van der Waals surface area (Å²) in [5.41, 5.74) is 1.22. The van der Waals surface area contributed by atoms with Crippen LogP contribution in [0.4, 0.5) is 10.1 Å². The minimum Gasteiger partial charge on any atom is -0.289 e. The van der Waals surface area contributed by atoms with E-state index in [1.165, 1.54) is 30.4 Å². The van der Waals surface area contributed by atoms with Gasteiger partial charge in [-0.05, 0) is 35.9 Å². The molecule has 0 aromatic heterocycles. The van der Waals surface area contributed by atoms with Crippen molar-refractivity contribution in [2.45, 2.75) is 0 Å². The fourth-order valence-corrected chi connectivity index (χ4v) is 2.38. The van der Waals surface area contributed by atoms with Crippen LogP contribution in [-0.2, 0) is 10.0 Å². The molecule has 0 aliphatic heterocycles. The van der Waals surface area contributed by atoms with Crippen molar-refractivity contribution in [3.05, 3.63) is 71.6 Å². The van der Waals surface area contributed by atoms with Crippen LogP contribution in [0.1, 0.15) is 15.9 Å². The average molecular weight is 319 g/mol. The van der Waals surface area contributed by atoms with Gasteiger partial charge in [-0.15, -0.1) is 0 Å². The molecule has 2 aromatic carbocycles. The van der Waals surface area contributed by atoms with Crippen LogP contribution in [0.5, 0.6) is 0 Å². The molecule has 0 spiro atoms. The van der Waals surface area contributed by atoms with Crippen molar-refractivity contribution in [1.82, 2.24) is 0 Å². The molecule has 0 heterocycles. The van der Waals surface area contributed by atoms with Gasteiger partial charge in [0.1, 0.15) is 5.82 Å². The monoisotopic (exact) mass is 319 g/mol. The number of anilines is 1. The Bertz CT molecular complexity index is 829. The van der Waals surface area contributed by atoms with E-state index in [1.807, 2.05) is 0 Å². The fourth-order valence-electron chi connectivity index (χ4n) is 1.83. The smallest absolute Gasteiger partial charge is 0.229 e. The molecule has 114 valence electrons. The van der Waals surface area contributed by atoms with Crippen molar-refractivity contribution in [3.63, 3.8) is 0 Å². The van der Waals surface area contributed by atoms with Gasteiger partial charge in [0.05, 0.1) is 6.26 Å². The number of ketones is 1. The number of allylic oxidation sites excluding steroid dienone is 1. The highest BCUT2D eigenvalue weighted by atomic mass is 32.2. The van der Waals surface area contributed by atoms with Crippen LogP contribution >= 0.6 is 0 Å². The van der Waals surface area contributed by atoms with Crippen LogP contribution in [-0.4, -0.2) is 20.5 Å². The van der Waals surface area contributed by atoms with E-state index in [9.17, 15) is 17.6 Å². The first-order valence-electron chi connectivity index (χ1n) is 6.39. The molecule has 4 nitrogen and oxygen atoms in total. The van der Waals surface area contributed by atoms with E-state index in [0.29, 0.717) is 16.8 Å². The second kappa shape index (κ2) is 6.53. The Hall–Kier alpha value is -2.47. The van der Waals surface area contributed by atoms with E-state index >= 15 is 0 Å². The highest BCUT2D eigenvalue weighted by Crippen LogP contribution is 2.14. The Morgan fingerprint density at radius 1 is 1.14 bits per heavy atom. The summed E-state index contributed by atoms with van der Waals surface area (Å²) in [5, 5.41) is 0. The van der Waals surface area contributed by atoms with Gasteiger partial charge in [-0.3, -0.25) is 9.52 Å². The van der Waals surface area contributed by atoms with E-state index in [1.54, 1.807) is 30.3 Å². The zero-order chi connectivity index (χ0) is 16.2. The molecular weight excluding hydrogens is 305 g/mol. The van der Waals surface area contributed by atoms with Crippen LogP contribution in [0.25, 0.3) is 6.08 Å². The summed E-state index contributed by atoms with van der Waals surface area (Å²) in [5.74, 6) is -0.685. The molecule has 0 saturated heterocycles. The second-order valence-corrected chi connectivity index (χ2v) is 6.46. The summed E-state index contributed by atoms with van der Waals surface area (Å²) < 4.78 is 37.7. The van der Waals surface area contributed by atoms with Gasteiger partial charge in [-0.2, -0.15) is 0 Å². The summed E-state index contributed by atoms with van der Waals surface area (Å²) in [6, 6.07) is 12.0. The molecule has 0 bridgehead atoms. The van der Waals surface area contributed by atoms with Crippen LogP contribution in [0.3, 0.4) is 0 Å². The molecule has 0 aliphatic carbocycles. The molecule has 0 amide bonds. The van der Waals surface area contributed by atoms with Gasteiger partial charge in [0.25, 0.3) is 0 Å². The minimum absolute atomic E-state index is 0.304. The lowest BCUT2D eigenvalue weighted by atomic mass is 10.1. The third kappa shape index (κ3) is 4.82. The number of hydrogen-bond acceptors (Lipinski definition) is 3. The van der Waals surface area contributed by atoms with Crippen LogP contribution < -0.4 is 4.72 Å². The summed E-state index contributed by atoms with van der Waals surface area (Å²) in [4.78, 5) is 12.1. The first-order chi connectivity index (χ1) is 10.3. The number of hydrogen-bond donors (Lipinski definition) is 1. The molecule has 0 saturated carbocycles. The topological polar surface area (TPSA) is 63.2 Å². The third-order valence-electron chi connectivity index (χ3n) is 2.73. The first kappa shape index (κ1) is 15.9. The zero-order valence-corrected chi connectivity index (χ0v) is 12.6. The number of carbonyl (C=O) groups excluding carboxylic acids is 1. The molecule has 2 aromatic rings.